The summed E-state index contributed by atoms with van der Waals surface area (Å²) in [6.45, 7) is 11.8. The molecular weight excluding hydrogens is 374 g/mol. The predicted molar refractivity (Wildman–Crippen MR) is 104 cm³/mol. The van der Waals surface area contributed by atoms with Crippen molar-refractivity contribution in [3.63, 3.8) is 0 Å². The Morgan fingerprint density at radius 1 is 1.00 bits per heavy atom. The molecule has 1 atom stereocenters. The normalized spacial score (nSPS) is 13.6. The van der Waals surface area contributed by atoms with Gasteiger partial charge in [0.1, 0.15) is 17.2 Å². The lowest BCUT2D eigenvalue weighted by molar-refractivity contribution is -0.146. The van der Waals surface area contributed by atoms with Gasteiger partial charge in [-0.3, -0.25) is 0 Å². The fourth-order valence-electron chi connectivity index (χ4n) is 1.98. The number of ether oxygens (including phenoxy) is 3. The second-order valence-corrected chi connectivity index (χ2v) is 8.40. The first-order chi connectivity index (χ1) is 12.2. The van der Waals surface area contributed by atoms with Crippen molar-refractivity contribution >= 4 is 29.8 Å². The second-order valence-electron chi connectivity index (χ2n) is 8.13. The van der Waals surface area contributed by atoms with Gasteiger partial charge in [0, 0.05) is 5.88 Å². The first-order valence-electron chi connectivity index (χ1n) is 8.76. The summed E-state index contributed by atoms with van der Waals surface area (Å²) < 4.78 is 15.4. The number of allylic oxidation sites excluding steroid dienone is 2. The topological polar surface area (TPSA) is 82.1 Å². The molecule has 0 N–H and O–H groups in total. The van der Waals surface area contributed by atoms with E-state index in [4.69, 9.17) is 25.8 Å². The molecule has 2 amide bonds. The van der Waals surface area contributed by atoms with Crippen molar-refractivity contribution in [1.29, 1.82) is 0 Å². The van der Waals surface area contributed by atoms with E-state index in [1.807, 2.05) is 13.0 Å². The molecule has 0 aliphatic heterocycles. The van der Waals surface area contributed by atoms with E-state index in [0.29, 0.717) is 17.2 Å². The Bertz CT molecular complexity index is 532. The third-order valence-corrected chi connectivity index (χ3v) is 3.53. The summed E-state index contributed by atoms with van der Waals surface area (Å²) in [7, 11) is 1.19. The third-order valence-electron chi connectivity index (χ3n) is 3.11. The Balaban J connectivity index is 5.77. The Hall–Kier alpha value is -1.76. The zero-order chi connectivity index (χ0) is 21.4. The highest BCUT2D eigenvalue weighted by Gasteiger charge is 2.40. The van der Waals surface area contributed by atoms with E-state index in [2.05, 4.69) is 0 Å². The number of carbonyl (C=O) groups is 3. The first kappa shape index (κ1) is 25.2. The highest BCUT2D eigenvalue weighted by Crippen LogP contribution is 2.20. The number of hydrogen-bond donors (Lipinski definition) is 0. The number of amides is 2. The number of carbonyl (C=O) groups excluding carboxylic acids is 3. The number of methoxy groups -OCH3 is 1. The summed E-state index contributed by atoms with van der Waals surface area (Å²) in [6, 6.07) is -1.18. The molecule has 0 rings (SSSR count). The smallest absolute Gasteiger partial charge is 0.420 e. The zero-order valence-corrected chi connectivity index (χ0v) is 18.3. The van der Waals surface area contributed by atoms with Crippen LogP contribution in [0.5, 0.6) is 0 Å². The minimum absolute atomic E-state index is 0.152. The van der Waals surface area contributed by atoms with E-state index in [1.54, 1.807) is 41.5 Å². The van der Waals surface area contributed by atoms with Gasteiger partial charge in [-0.05, 0) is 61.3 Å². The van der Waals surface area contributed by atoms with E-state index in [1.165, 1.54) is 7.11 Å². The fraction of sp³-hybridized carbons (Fsp3) is 0.737. The molecule has 0 aliphatic carbocycles. The summed E-state index contributed by atoms with van der Waals surface area (Å²) in [5.41, 5.74) is -0.790. The quantitative estimate of drug-likeness (QED) is 0.276. The summed E-state index contributed by atoms with van der Waals surface area (Å²) in [5.74, 6) is -0.381. The number of esters is 1. The molecule has 8 heteroatoms. The van der Waals surface area contributed by atoms with Crippen molar-refractivity contribution in [1.82, 2.24) is 4.90 Å². The lowest BCUT2D eigenvalue weighted by atomic mass is 10.1. The van der Waals surface area contributed by atoms with Crippen molar-refractivity contribution in [3.8, 4) is 0 Å². The molecule has 0 unspecified atom stereocenters. The van der Waals surface area contributed by atoms with E-state index in [9.17, 15) is 14.4 Å². The minimum atomic E-state index is -1.18. The van der Waals surface area contributed by atoms with Crippen LogP contribution in [0.4, 0.5) is 9.59 Å². The van der Waals surface area contributed by atoms with Crippen molar-refractivity contribution in [2.45, 2.75) is 78.6 Å². The summed E-state index contributed by atoms with van der Waals surface area (Å²) >= 11 is 5.75. The average molecular weight is 406 g/mol. The second kappa shape index (κ2) is 10.5. The Morgan fingerprint density at radius 3 is 1.78 bits per heavy atom. The molecule has 0 fully saturated rings. The maximum Gasteiger partial charge on any atom is 0.420 e. The van der Waals surface area contributed by atoms with Gasteiger partial charge in [0.2, 0.25) is 0 Å². The first-order valence-corrected chi connectivity index (χ1v) is 9.30. The Morgan fingerprint density at radius 2 is 1.44 bits per heavy atom. The average Bonchev–Trinajstić information content (AvgIpc) is 2.49. The monoisotopic (exact) mass is 405 g/mol. The van der Waals surface area contributed by atoms with Crippen LogP contribution < -0.4 is 0 Å². The summed E-state index contributed by atoms with van der Waals surface area (Å²) in [4.78, 5) is 38.3. The van der Waals surface area contributed by atoms with Gasteiger partial charge in [0.15, 0.2) is 0 Å². The number of hydrogen-bond acceptors (Lipinski definition) is 6. The van der Waals surface area contributed by atoms with Gasteiger partial charge in [-0.1, -0.05) is 11.6 Å². The molecule has 0 spiro atoms. The van der Waals surface area contributed by atoms with Crippen LogP contribution >= 0.6 is 11.6 Å². The lowest BCUT2D eigenvalue weighted by Gasteiger charge is -2.32. The van der Waals surface area contributed by atoms with Crippen LogP contribution in [0.2, 0.25) is 0 Å². The number of rotatable bonds is 6. The zero-order valence-electron chi connectivity index (χ0n) is 17.6. The van der Waals surface area contributed by atoms with Crippen molar-refractivity contribution in [2.75, 3.05) is 13.0 Å². The molecule has 0 aromatic heterocycles. The molecule has 0 saturated heterocycles. The Labute approximate surface area is 167 Å². The summed E-state index contributed by atoms with van der Waals surface area (Å²) in [5, 5.41) is 0. The van der Waals surface area contributed by atoms with Crippen LogP contribution in [0.25, 0.3) is 0 Å². The predicted octanol–water partition coefficient (Wildman–Crippen LogP) is 4.67. The van der Waals surface area contributed by atoms with Crippen LogP contribution in [0.15, 0.2) is 11.6 Å². The van der Waals surface area contributed by atoms with Crippen LogP contribution in [0.1, 0.15) is 61.3 Å². The molecule has 0 radical (unpaired) electrons. The van der Waals surface area contributed by atoms with Crippen LogP contribution in [0.3, 0.4) is 0 Å². The highest BCUT2D eigenvalue weighted by molar-refractivity contribution is 6.19. The summed E-state index contributed by atoms with van der Waals surface area (Å²) in [6.07, 6.45) is 0.473. The maximum atomic E-state index is 12.7. The van der Waals surface area contributed by atoms with Gasteiger partial charge in [-0.2, -0.15) is 4.90 Å². The molecular formula is C19H32ClNO6. The molecule has 156 valence electrons. The fourth-order valence-corrected chi connectivity index (χ4v) is 2.09. The largest absolute Gasteiger partial charge is 0.467 e. The van der Waals surface area contributed by atoms with E-state index >= 15 is 0 Å². The number of halogens is 1. The SMILES string of the molecule is COC(=O)[C@H](CC/C=C(/C)CCl)N(C(=O)OC(C)(C)C)C(=O)OC(C)(C)C. The van der Waals surface area contributed by atoms with Crippen molar-refractivity contribution in [2.24, 2.45) is 0 Å². The molecule has 27 heavy (non-hydrogen) atoms. The van der Waals surface area contributed by atoms with E-state index in [-0.39, 0.29) is 6.42 Å². The van der Waals surface area contributed by atoms with Gasteiger partial charge in [0.05, 0.1) is 7.11 Å². The van der Waals surface area contributed by atoms with Crippen LogP contribution in [0, 0.1) is 0 Å². The van der Waals surface area contributed by atoms with Crippen LogP contribution in [-0.2, 0) is 19.0 Å². The van der Waals surface area contributed by atoms with Gasteiger partial charge >= 0.3 is 18.2 Å². The molecule has 0 saturated carbocycles. The molecule has 7 nitrogen and oxygen atoms in total. The van der Waals surface area contributed by atoms with E-state index < -0.39 is 35.4 Å². The molecule has 0 aliphatic rings. The van der Waals surface area contributed by atoms with Gasteiger partial charge in [-0.25, -0.2) is 14.4 Å². The van der Waals surface area contributed by atoms with Gasteiger partial charge in [0.25, 0.3) is 0 Å². The molecule has 0 bridgehead atoms. The lowest BCUT2D eigenvalue weighted by Crippen LogP contribution is -2.52. The molecule has 0 aromatic rings. The highest BCUT2D eigenvalue weighted by atomic mass is 35.5. The van der Waals surface area contributed by atoms with Gasteiger partial charge in [-0.15, -0.1) is 11.6 Å². The number of imide groups is 1. The number of alkyl halides is 1. The van der Waals surface area contributed by atoms with E-state index in [0.717, 1.165) is 5.57 Å². The molecule has 0 heterocycles. The Kier molecular flexibility index (Phi) is 9.86. The van der Waals surface area contributed by atoms with Crippen molar-refractivity contribution in [3.05, 3.63) is 11.6 Å². The van der Waals surface area contributed by atoms with Crippen LogP contribution in [-0.4, -0.2) is 53.3 Å². The van der Waals surface area contributed by atoms with Gasteiger partial charge < -0.3 is 14.2 Å². The van der Waals surface area contributed by atoms with Crippen molar-refractivity contribution < 1.29 is 28.6 Å². The standard InChI is InChI=1S/C19H32ClNO6/c1-13(12-20)10-9-11-14(15(22)25-8)21(16(23)26-18(2,3)4)17(24)27-19(5,6)7/h10,14H,9,11-12H2,1-8H3/b13-10-/t14-/m0/s1. The minimum Gasteiger partial charge on any atom is -0.467 e. The third kappa shape index (κ3) is 10.2. The number of nitrogens with zero attached hydrogens (tertiary/aromatic N) is 1. The molecule has 0 aromatic carbocycles. The maximum absolute atomic E-state index is 12.7.